The number of ether oxygens (including phenoxy) is 4. The number of halogens is 11. The van der Waals surface area contributed by atoms with Crippen LogP contribution in [0.15, 0.2) is 211 Å². The molecule has 88 heavy (non-hydrogen) atoms. The Balaban J connectivity index is 0.000000182. The van der Waals surface area contributed by atoms with Crippen molar-refractivity contribution in [3.63, 3.8) is 0 Å². The monoisotopic (exact) mass is 1940 g/mol. The van der Waals surface area contributed by atoms with Gasteiger partial charge in [-0.05, 0) is 197 Å². The molecule has 482 valence electrons. The van der Waals surface area contributed by atoms with E-state index in [0.29, 0.717) is 52.2 Å². The van der Waals surface area contributed by atoms with Crippen molar-refractivity contribution in [2.75, 3.05) is 19.8 Å². The average molecular weight is 1950 g/mol. The Labute approximate surface area is 590 Å². The molecular formula is C68H80ClF4I6O7S2+. The van der Waals surface area contributed by atoms with Crippen LogP contribution in [0.1, 0.15) is 91.9 Å². The third kappa shape index (κ3) is 21.6. The second-order valence-corrected chi connectivity index (χ2v) is 92.7. The molecule has 8 aliphatic rings. The number of hydrogen-bond acceptors (Lipinski definition) is 7. The second kappa shape index (κ2) is 36.4. The van der Waals surface area contributed by atoms with Crippen molar-refractivity contribution in [1.82, 2.24) is 0 Å². The normalized spacial score (nSPS) is 25.5. The van der Waals surface area contributed by atoms with Gasteiger partial charge in [-0.2, -0.15) is 17.6 Å². The van der Waals surface area contributed by atoms with Gasteiger partial charge in [-0.1, -0.05) is 109 Å². The number of carbonyl (C=O) groups excluding carboxylic acids is 2. The van der Waals surface area contributed by atoms with Gasteiger partial charge in [-0.25, -0.2) is 9.59 Å². The third-order valence-electron chi connectivity index (χ3n) is 17.1. The van der Waals surface area contributed by atoms with E-state index in [1.807, 2.05) is 13.8 Å². The number of benzene rings is 6. The second-order valence-electron chi connectivity index (χ2n) is 23.7. The molecule has 8 fully saturated rings. The Morgan fingerprint density at radius 2 is 0.807 bits per heavy atom. The topological polar surface area (TPSA) is 91.3 Å². The molecule has 8 saturated carbocycles. The summed E-state index contributed by atoms with van der Waals surface area (Å²) >= 11 is 8.37. The summed E-state index contributed by atoms with van der Waals surface area (Å²) in [4.78, 5) is 31.2. The van der Waals surface area contributed by atoms with Gasteiger partial charge in [0.25, 0.3) is 0 Å². The van der Waals surface area contributed by atoms with Crippen molar-refractivity contribution < 1.29 is 64.5 Å². The van der Waals surface area contributed by atoms with Crippen LogP contribution >= 0.6 is 100 Å². The van der Waals surface area contributed by atoms with Crippen molar-refractivity contribution in [2.45, 2.75) is 152 Å². The zero-order chi connectivity index (χ0) is 61.5. The summed E-state index contributed by atoms with van der Waals surface area (Å²) in [6, 6.07) is 64.3. The summed E-state index contributed by atoms with van der Waals surface area (Å²) < 4.78 is 74.0. The fraction of sp³-hybridized carbons (Fsp3) is 0.441. The number of alkyl halides is 4. The molecule has 8 bridgehead atoms. The van der Waals surface area contributed by atoms with Gasteiger partial charge in [0.1, 0.15) is 12.2 Å². The first-order chi connectivity index (χ1) is 41.2. The van der Waals surface area contributed by atoms with E-state index in [1.165, 1.54) is 29.4 Å². The fourth-order valence-corrected chi connectivity index (χ4v) is 18.4. The zero-order valence-corrected chi connectivity index (χ0v) is 65.2. The van der Waals surface area contributed by atoms with E-state index in [2.05, 4.69) is 238 Å². The van der Waals surface area contributed by atoms with E-state index in [9.17, 15) is 32.3 Å². The van der Waals surface area contributed by atoms with Gasteiger partial charge in [0, 0.05) is 27.1 Å². The molecule has 0 aromatic heterocycles. The summed E-state index contributed by atoms with van der Waals surface area (Å²) in [7, 11) is -0.275. The van der Waals surface area contributed by atoms with E-state index in [0.717, 1.165) is 64.2 Å². The van der Waals surface area contributed by atoms with Gasteiger partial charge in [-0.15, -0.1) is 36.4 Å². The molecule has 20 heteroatoms. The molecule has 5 atom stereocenters. The Morgan fingerprint density at radius 1 is 0.545 bits per heavy atom. The Kier molecular flexibility index (Phi) is 31.5. The zero-order valence-electron chi connectivity index (χ0n) is 49.6. The Hall–Kier alpha value is -0.770. The summed E-state index contributed by atoms with van der Waals surface area (Å²) in [6.45, 7) is 6.45. The van der Waals surface area contributed by atoms with Gasteiger partial charge in [0.05, 0.1) is 28.4 Å². The number of aliphatic hydroxyl groups is 1. The Morgan fingerprint density at radius 3 is 1.05 bits per heavy atom. The summed E-state index contributed by atoms with van der Waals surface area (Å²) in [5.74, 6) is -7.74. The van der Waals surface area contributed by atoms with E-state index in [1.54, 1.807) is 0 Å². The molecule has 0 heterocycles. The van der Waals surface area contributed by atoms with E-state index in [4.69, 9.17) is 18.9 Å². The average Bonchev–Trinajstić information content (AvgIpc) is 0.786. The quantitative estimate of drug-likeness (QED) is 0.0320. The molecule has 0 saturated heterocycles. The molecule has 6 aromatic carbocycles. The predicted octanol–water partition coefficient (Wildman–Crippen LogP) is 17.3. The van der Waals surface area contributed by atoms with Crippen LogP contribution in [0.25, 0.3) is 0 Å². The van der Waals surface area contributed by atoms with E-state index < -0.39 is 23.8 Å². The number of esters is 2. The molecule has 0 radical (unpaired) electrons. The summed E-state index contributed by atoms with van der Waals surface area (Å²) in [5, 5.41) is 9.60. The molecule has 0 aliphatic heterocycles. The SMILES string of the molecule is CC(F)(F)C(=O)OC1C2CC3CC1CC(CO)(C3)C2.CCOC(C)OCC12CC3CC(C1)C(OC(=O)C(C)(F)F)C(C3)C2.Cl.I.I[I-]I(I)I.c1ccc([S+](c2ccccc2)c2ccccc2)cc1.c1ccc([S+](c2ccccc2)c2ccccc2)cc1. The molecular weight excluding hydrogens is 1870 g/mol. The van der Waals surface area contributed by atoms with Crippen LogP contribution in [0.4, 0.5) is 17.6 Å². The van der Waals surface area contributed by atoms with Crippen molar-refractivity contribution in [1.29, 1.82) is 0 Å². The summed E-state index contributed by atoms with van der Waals surface area (Å²) in [6.07, 6.45) is 8.49. The van der Waals surface area contributed by atoms with Crippen LogP contribution in [0, 0.1) is 46.3 Å². The van der Waals surface area contributed by atoms with E-state index in [-0.39, 0.29) is 126 Å². The maximum Gasteiger partial charge on any atom is 0.166 e. The summed E-state index contributed by atoms with van der Waals surface area (Å²) in [5.41, 5.74) is 0.0631. The number of rotatable bonds is 17. The van der Waals surface area contributed by atoms with Crippen LogP contribution in [0.5, 0.6) is 0 Å². The molecule has 6 aromatic rings. The number of aliphatic hydroxyl groups excluding tert-OH is 1. The van der Waals surface area contributed by atoms with Crippen LogP contribution in [0.2, 0.25) is 0 Å². The van der Waals surface area contributed by atoms with Gasteiger partial charge >= 0.3 is 101 Å². The minimum atomic E-state index is -3.41. The van der Waals surface area contributed by atoms with Gasteiger partial charge < -0.3 is 24.1 Å². The largest absolute Gasteiger partial charge is 0.166 e. The van der Waals surface area contributed by atoms with Crippen LogP contribution < -0.4 is 13.3 Å². The molecule has 8 aliphatic carbocycles. The smallest absolute Gasteiger partial charge is 0.0619 e. The first-order valence-electron chi connectivity index (χ1n) is 29.3. The fourth-order valence-electron chi connectivity index (χ4n) is 14.2. The van der Waals surface area contributed by atoms with Crippen LogP contribution in [0.3, 0.4) is 0 Å². The molecule has 7 nitrogen and oxygen atoms in total. The van der Waals surface area contributed by atoms with Crippen LogP contribution in [-0.4, -0.2) is 67.2 Å². The number of hydrogen-bond donors (Lipinski definition) is 1. The number of carbonyl (C=O) groups is 2. The van der Waals surface area contributed by atoms with Gasteiger partial charge in [0.2, 0.25) is 0 Å². The maximum atomic E-state index is 13.2. The minimum Gasteiger partial charge on any atom is -0.0619 e. The minimum absolute atomic E-state index is 0. The van der Waals surface area contributed by atoms with E-state index >= 15 is 0 Å². The molecule has 0 spiro atoms. The molecule has 14 rings (SSSR count). The maximum absolute atomic E-state index is 13.2. The first kappa shape index (κ1) is 76.2. The standard InChI is InChI=1S/C18H28F2O4.2C18H15S.C14H20F2O3.ClH.I5.HI/c1-4-22-11(2)23-10-18-7-12-5-13(8-18)15(14(6-12)9-18)24-16(21)17(3,19)20;2*1-4-10-16(11-5-1)19(17-12-6-2-7-13-17)18-14-8-3-9-15-18;1-13(15,16)12(18)19-11-9-2-8-3-10(11)6-14(4-8,5-9)7-17;;1-4-5(2)3;/h11-15H,4-10H2,1-3H3;2*1-15H;8-11,17H,2-7H2,1H3;1H;;1H/q;2*+1;;;-1;. The van der Waals surface area contributed by atoms with Gasteiger partial charge in [0.15, 0.2) is 35.7 Å². The van der Waals surface area contributed by atoms with Crippen molar-refractivity contribution in [2.24, 2.45) is 46.3 Å². The first-order valence-corrected chi connectivity index (χ1v) is 56.9. The van der Waals surface area contributed by atoms with Crippen LogP contribution in [-0.2, 0) is 50.3 Å². The molecule has 5 unspecified atom stereocenters. The predicted molar refractivity (Wildman–Crippen MR) is 389 cm³/mol. The Bertz CT molecular complexity index is 2670. The third-order valence-corrected chi connectivity index (χ3v) is 104. The van der Waals surface area contributed by atoms with Crippen molar-refractivity contribution >= 4 is 134 Å². The molecule has 0 amide bonds. The van der Waals surface area contributed by atoms with Crippen molar-refractivity contribution in [3.05, 3.63) is 182 Å². The van der Waals surface area contributed by atoms with Gasteiger partial charge in [-0.3, -0.25) is 0 Å². The molecule has 1 N–H and O–H groups in total. The van der Waals surface area contributed by atoms with Crippen molar-refractivity contribution in [3.8, 4) is 0 Å².